The third-order valence-electron chi connectivity index (χ3n) is 5.74. The quantitative estimate of drug-likeness (QED) is 0.226. The van der Waals surface area contributed by atoms with Gasteiger partial charge in [-0.05, 0) is 42.3 Å². The zero-order valence-electron chi connectivity index (χ0n) is 22.2. The number of aromatic nitrogens is 5. The largest absolute Gasteiger partial charge is 0.457 e. The second kappa shape index (κ2) is 11.2. The van der Waals surface area contributed by atoms with E-state index in [9.17, 15) is 17.6 Å². The highest BCUT2D eigenvalue weighted by atomic mass is 32.2. The first kappa shape index (κ1) is 27.5. The van der Waals surface area contributed by atoms with E-state index >= 15 is 0 Å². The Hall–Kier alpha value is -5.11. The Morgan fingerprint density at radius 2 is 1.80 bits per heavy atom. The molecule has 0 spiro atoms. The summed E-state index contributed by atoms with van der Waals surface area (Å²) in [6.45, 7) is 3.97. The van der Waals surface area contributed by atoms with E-state index < -0.39 is 21.9 Å². The van der Waals surface area contributed by atoms with Crippen molar-refractivity contribution in [2.24, 2.45) is 0 Å². The molecule has 0 saturated heterocycles. The van der Waals surface area contributed by atoms with Crippen LogP contribution in [0.25, 0.3) is 16.6 Å². The first-order valence-corrected chi connectivity index (χ1v) is 14.2. The van der Waals surface area contributed by atoms with Gasteiger partial charge in [0.25, 0.3) is 0 Å². The SMILES string of the molecule is CC(C)c1cc(NC(=O)Nc2ccc(Oc3ccnc(NS(C)(=O)=O)c3)cc2F)n(-c2ccc3ncncc3c2)n1. The van der Waals surface area contributed by atoms with Gasteiger partial charge in [0.15, 0.2) is 0 Å². The number of halogens is 1. The number of carbonyl (C=O) groups excluding carboxylic acids is 1. The molecule has 12 nitrogen and oxygen atoms in total. The predicted octanol–water partition coefficient (Wildman–Crippen LogP) is 5.28. The Morgan fingerprint density at radius 3 is 2.56 bits per heavy atom. The Kier molecular flexibility index (Phi) is 7.48. The van der Waals surface area contributed by atoms with Gasteiger partial charge in [-0.2, -0.15) is 5.10 Å². The van der Waals surface area contributed by atoms with Crippen LogP contribution in [0.1, 0.15) is 25.5 Å². The number of anilines is 3. The fourth-order valence-corrected chi connectivity index (χ4v) is 4.35. The van der Waals surface area contributed by atoms with Crippen LogP contribution in [0.5, 0.6) is 11.5 Å². The normalized spacial score (nSPS) is 11.4. The number of benzene rings is 2. The Labute approximate surface area is 234 Å². The number of urea groups is 1. The minimum absolute atomic E-state index is 0.0531. The minimum Gasteiger partial charge on any atom is -0.457 e. The fourth-order valence-electron chi connectivity index (χ4n) is 3.86. The number of nitrogens with zero attached hydrogens (tertiary/aromatic N) is 5. The molecule has 2 aromatic carbocycles. The number of rotatable bonds is 8. The molecule has 14 heteroatoms. The maximum atomic E-state index is 14.9. The lowest BCUT2D eigenvalue weighted by molar-refractivity contribution is 0.262. The summed E-state index contributed by atoms with van der Waals surface area (Å²) in [5.74, 6) is 0.152. The summed E-state index contributed by atoms with van der Waals surface area (Å²) in [6, 6.07) is 13.3. The van der Waals surface area contributed by atoms with E-state index in [-0.39, 0.29) is 28.9 Å². The maximum absolute atomic E-state index is 14.9. The number of hydrogen-bond acceptors (Lipinski definition) is 8. The molecule has 0 saturated carbocycles. The van der Waals surface area contributed by atoms with Gasteiger partial charge >= 0.3 is 6.03 Å². The van der Waals surface area contributed by atoms with Gasteiger partial charge in [0.2, 0.25) is 10.0 Å². The van der Waals surface area contributed by atoms with Crippen molar-refractivity contribution in [3.8, 4) is 17.2 Å². The Bertz CT molecular complexity index is 1860. The minimum atomic E-state index is -3.53. The van der Waals surface area contributed by atoms with Crippen LogP contribution in [-0.4, -0.2) is 45.4 Å². The van der Waals surface area contributed by atoms with Crippen molar-refractivity contribution in [3.63, 3.8) is 0 Å². The summed E-state index contributed by atoms with van der Waals surface area (Å²) in [5, 5.41) is 10.7. The monoisotopic (exact) mass is 576 g/mol. The van der Waals surface area contributed by atoms with E-state index in [1.165, 1.54) is 36.8 Å². The third-order valence-corrected chi connectivity index (χ3v) is 6.32. The summed E-state index contributed by atoms with van der Waals surface area (Å²) >= 11 is 0. The first-order valence-electron chi connectivity index (χ1n) is 12.3. The van der Waals surface area contributed by atoms with Crippen molar-refractivity contribution in [1.82, 2.24) is 24.7 Å². The van der Waals surface area contributed by atoms with Crippen LogP contribution >= 0.6 is 0 Å². The third kappa shape index (κ3) is 6.73. The number of ether oxygens (including phenoxy) is 1. The average Bonchev–Trinajstić information content (AvgIpc) is 3.33. The Morgan fingerprint density at radius 1 is 1.00 bits per heavy atom. The molecule has 0 unspecified atom stereocenters. The van der Waals surface area contributed by atoms with Crippen molar-refractivity contribution in [1.29, 1.82) is 0 Å². The molecule has 0 aliphatic carbocycles. The van der Waals surface area contributed by atoms with E-state index in [1.807, 2.05) is 32.0 Å². The lowest BCUT2D eigenvalue weighted by Gasteiger charge is -2.12. The van der Waals surface area contributed by atoms with Crippen molar-refractivity contribution >= 4 is 44.3 Å². The van der Waals surface area contributed by atoms with Crippen LogP contribution in [0, 0.1) is 5.82 Å². The van der Waals surface area contributed by atoms with Gasteiger partial charge < -0.3 is 10.1 Å². The van der Waals surface area contributed by atoms with Crippen LogP contribution in [0.2, 0.25) is 0 Å². The van der Waals surface area contributed by atoms with Crippen LogP contribution in [0.15, 0.2) is 73.3 Å². The molecule has 210 valence electrons. The second-order valence-electron chi connectivity index (χ2n) is 9.36. The number of sulfonamides is 1. The Balaban J connectivity index is 1.32. The predicted molar refractivity (Wildman–Crippen MR) is 153 cm³/mol. The van der Waals surface area contributed by atoms with E-state index in [4.69, 9.17) is 4.74 Å². The summed E-state index contributed by atoms with van der Waals surface area (Å²) in [5.41, 5.74) is 2.13. The molecule has 3 heterocycles. The van der Waals surface area contributed by atoms with E-state index in [0.717, 1.165) is 28.9 Å². The first-order chi connectivity index (χ1) is 19.5. The van der Waals surface area contributed by atoms with Gasteiger partial charge in [0.05, 0.1) is 28.8 Å². The van der Waals surface area contributed by atoms with Crippen LogP contribution in [0.3, 0.4) is 0 Å². The number of pyridine rings is 1. The van der Waals surface area contributed by atoms with Crippen LogP contribution in [0.4, 0.5) is 26.5 Å². The van der Waals surface area contributed by atoms with E-state index in [2.05, 4.69) is 35.4 Å². The van der Waals surface area contributed by atoms with Gasteiger partial charge in [0.1, 0.15) is 35.3 Å². The maximum Gasteiger partial charge on any atom is 0.324 e. The molecule has 0 aliphatic heterocycles. The molecule has 3 N–H and O–H groups in total. The highest BCUT2D eigenvalue weighted by Crippen LogP contribution is 2.28. The smallest absolute Gasteiger partial charge is 0.324 e. The van der Waals surface area contributed by atoms with Gasteiger partial charge in [0, 0.05) is 36.0 Å². The molecule has 0 atom stereocenters. The molecule has 0 bridgehead atoms. The van der Waals surface area contributed by atoms with Crippen molar-refractivity contribution in [3.05, 3.63) is 84.8 Å². The zero-order valence-corrected chi connectivity index (χ0v) is 23.0. The number of fused-ring (bicyclic) bond motifs is 1. The molecule has 41 heavy (non-hydrogen) atoms. The van der Waals surface area contributed by atoms with Gasteiger partial charge in [-0.3, -0.25) is 10.0 Å². The van der Waals surface area contributed by atoms with Crippen molar-refractivity contribution < 1.29 is 22.3 Å². The van der Waals surface area contributed by atoms with Crippen molar-refractivity contribution in [2.45, 2.75) is 19.8 Å². The molecule has 0 aliphatic rings. The highest BCUT2D eigenvalue weighted by Gasteiger charge is 2.16. The van der Waals surface area contributed by atoms with Gasteiger partial charge in [-0.1, -0.05) is 13.8 Å². The van der Waals surface area contributed by atoms with Crippen LogP contribution in [-0.2, 0) is 10.0 Å². The summed E-state index contributed by atoms with van der Waals surface area (Å²) in [4.78, 5) is 25.1. The zero-order chi connectivity index (χ0) is 29.1. The fraction of sp³-hybridized carbons (Fsp3) is 0.148. The topological polar surface area (TPSA) is 153 Å². The summed E-state index contributed by atoms with van der Waals surface area (Å²) in [6.07, 6.45) is 5.50. The molecular weight excluding hydrogens is 551 g/mol. The molecule has 5 aromatic rings. The molecule has 2 amide bonds. The molecule has 3 aromatic heterocycles. The average molecular weight is 577 g/mol. The van der Waals surface area contributed by atoms with Gasteiger partial charge in [-0.25, -0.2) is 37.2 Å². The number of nitrogens with one attached hydrogen (secondary N) is 3. The summed E-state index contributed by atoms with van der Waals surface area (Å²) in [7, 11) is -3.53. The number of hydrogen-bond donors (Lipinski definition) is 3. The van der Waals surface area contributed by atoms with Gasteiger partial charge in [-0.15, -0.1) is 0 Å². The van der Waals surface area contributed by atoms with E-state index in [1.54, 1.807) is 16.9 Å². The molecule has 0 radical (unpaired) electrons. The highest BCUT2D eigenvalue weighted by molar-refractivity contribution is 7.92. The standard InChI is InChI=1S/C27H25FN8O4S/c1-16(2)24-13-26(36(34-24)18-4-6-22-17(10-18)14-29-15-31-22)33-27(37)32-23-7-5-19(11-21(23)28)40-20-8-9-30-25(12-20)35-41(3,38)39/h4-16H,1-3H3,(H,30,35)(H2,32,33,37). The molecular formula is C27H25FN8O4S. The molecule has 5 rings (SSSR count). The number of amides is 2. The lowest BCUT2D eigenvalue weighted by atomic mass is 10.1. The van der Waals surface area contributed by atoms with E-state index in [0.29, 0.717) is 11.5 Å². The summed E-state index contributed by atoms with van der Waals surface area (Å²) < 4.78 is 47.2. The van der Waals surface area contributed by atoms with Crippen LogP contribution < -0.4 is 20.1 Å². The molecule has 0 fully saturated rings. The second-order valence-corrected chi connectivity index (χ2v) is 11.1. The lowest BCUT2D eigenvalue weighted by Crippen LogP contribution is -2.22. The number of carbonyl (C=O) groups is 1. The van der Waals surface area contributed by atoms with Crippen molar-refractivity contribution in [2.75, 3.05) is 21.6 Å².